The SMILES string of the molecule is CCCN(CC)Cc1cc(C=O)cc(Cl)c1N.CNCCN1CCC(N(C=O)CCc2ccccc2NC)CC1. The lowest BCUT2D eigenvalue weighted by atomic mass is 10.0. The lowest BCUT2D eigenvalue weighted by Gasteiger charge is -2.37. The molecule has 0 atom stereocenters. The lowest BCUT2D eigenvalue weighted by Crippen LogP contribution is -2.46. The highest BCUT2D eigenvalue weighted by molar-refractivity contribution is 6.33. The third-order valence-electron chi connectivity index (χ3n) is 7.52. The predicted molar refractivity (Wildman–Crippen MR) is 168 cm³/mol. The fourth-order valence-corrected chi connectivity index (χ4v) is 5.35. The van der Waals surface area contributed by atoms with Gasteiger partial charge in [-0.1, -0.05) is 43.6 Å². The molecule has 0 spiro atoms. The number of carbonyl (C=O) groups excluding carboxylic acids is 2. The first-order valence-electron chi connectivity index (χ1n) is 14.5. The van der Waals surface area contributed by atoms with Crippen LogP contribution in [0.25, 0.3) is 0 Å². The molecule has 0 saturated carbocycles. The van der Waals surface area contributed by atoms with Crippen molar-refractivity contribution >= 4 is 35.7 Å². The first-order chi connectivity index (χ1) is 19.4. The van der Waals surface area contributed by atoms with E-state index in [0.717, 1.165) is 102 Å². The molecule has 0 aromatic heterocycles. The average Bonchev–Trinajstić information content (AvgIpc) is 2.99. The Kier molecular flexibility index (Phi) is 15.6. The molecule has 2 aromatic carbocycles. The Labute approximate surface area is 246 Å². The smallest absolute Gasteiger partial charge is 0.209 e. The van der Waals surface area contributed by atoms with Crippen LogP contribution in [0.1, 0.15) is 54.6 Å². The third kappa shape index (κ3) is 10.7. The summed E-state index contributed by atoms with van der Waals surface area (Å²) in [6.07, 6.45) is 5.98. The molecular weight excluding hydrogens is 524 g/mol. The average molecular weight is 573 g/mol. The molecule has 0 bridgehead atoms. The standard InChI is InChI=1S/C18H30N4O.C13H19ClN2O/c1-19-10-14-21-11-8-17(9-12-21)22(15-23)13-7-16-5-3-4-6-18(16)20-2;1-3-5-16(4-2)8-11-6-10(9-17)7-12(14)13(11)15/h3-6,15,17,19-20H,7-14H2,1-2H3;6-7,9H,3-5,8,15H2,1-2H3. The number of aldehydes is 1. The summed E-state index contributed by atoms with van der Waals surface area (Å²) in [5.41, 5.74) is 10.4. The topological polar surface area (TPSA) is 93.9 Å². The van der Waals surface area contributed by atoms with Gasteiger partial charge in [0.1, 0.15) is 6.29 Å². The number of benzene rings is 2. The molecule has 0 aliphatic carbocycles. The minimum Gasteiger partial charge on any atom is -0.397 e. The molecule has 9 heteroatoms. The summed E-state index contributed by atoms with van der Waals surface area (Å²) in [5.74, 6) is 0. The molecule has 40 heavy (non-hydrogen) atoms. The number of nitrogens with zero attached hydrogens (tertiary/aromatic N) is 3. The lowest BCUT2D eigenvalue weighted by molar-refractivity contribution is -0.121. The zero-order valence-electron chi connectivity index (χ0n) is 24.8. The second-order valence-corrected chi connectivity index (χ2v) is 10.6. The van der Waals surface area contributed by atoms with Gasteiger partial charge < -0.3 is 26.2 Å². The highest BCUT2D eigenvalue weighted by atomic mass is 35.5. The van der Waals surface area contributed by atoms with Crippen molar-refractivity contribution in [3.05, 3.63) is 58.1 Å². The first kappa shape index (κ1) is 33.6. The number of halogens is 1. The Hall–Kier alpha value is -2.65. The number of para-hydroxylation sites is 1. The van der Waals surface area contributed by atoms with E-state index < -0.39 is 0 Å². The normalized spacial score (nSPS) is 13.9. The van der Waals surface area contributed by atoms with Gasteiger partial charge in [-0.2, -0.15) is 0 Å². The summed E-state index contributed by atoms with van der Waals surface area (Å²) >= 11 is 6.00. The van der Waals surface area contributed by atoms with Crippen LogP contribution >= 0.6 is 11.6 Å². The van der Waals surface area contributed by atoms with E-state index in [-0.39, 0.29) is 0 Å². The van der Waals surface area contributed by atoms with Gasteiger partial charge in [0, 0.05) is 63.6 Å². The Morgan fingerprint density at radius 3 is 2.40 bits per heavy atom. The summed E-state index contributed by atoms with van der Waals surface area (Å²) in [4.78, 5) is 29.1. The minimum atomic E-state index is 0.389. The highest BCUT2D eigenvalue weighted by Crippen LogP contribution is 2.25. The van der Waals surface area contributed by atoms with Crippen molar-refractivity contribution in [1.29, 1.82) is 0 Å². The molecule has 1 aliphatic rings. The molecule has 0 radical (unpaired) electrons. The number of likely N-dealkylation sites (N-methyl/N-ethyl adjacent to an activating group) is 1. The molecular formula is C31H49ClN6O2. The number of anilines is 2. The zero-order chi connectivity index (χ0) is 29.3. The van der Waals surface area contributed by atoms with Gasteiger partial charge in [-0.05, 0) is 75.1 Å². The van der Waals surface area contributed by atoms with Crippen LogP contribution in [0.4, 0.5) is 11.4 Å². The minimum absolute atomic E-state index is 0.389. The Morgan fingerprint density at radius 2 is 1.80 bits per heavy atom. The molecule has 4 N–H and O–H groups in total. The van der Waals surface area contributed by atoms with E-state index in [1.807, 2.05) is 31.1 Å². The summed E-state index contributed by atoms with van der Waals surface area (Å²) in [6, 6.07) is 12.1. The van der Waals surface area contributed by atoms with Crippen molar-refractivity contribution in [1.82, 2.24) is 20.0 Å². The second-order valence-electron chi connectivity index (χ2n) is 10.2. The van der Waals surface area contributed by atoms with Gasteiger partial charge in [-0.3, -0.25) is 14.5 Å². The van der Waals surface area contributed by atoms with Crippen molar-refractivity contribution in [2.75, 3.05) is 71.0 Å². The second kappa shape index (κ2) is 18.7. The summed E-state index contributed by atoms with van der Waals surface area (Å²) in [5, 5.41) is 6.87. The van der Waals surface area contributed by atoms with E-state index in [2.05, 4.69) is 52.5 Å². The quantitative estimate of drug-likeness (QED) is 0.215. The van der Waals surface area contributed by atoms with Crippen molar-refractivity contribution < 1.29 is 9.59 Å². The largest absolute Gasteiger partial charge is 0.397 e. The van der Waals surface area contributed by atoms with E-state index in [4.69, 9.17) is 17.3 Å². The van der Waals surface area contributed by atoms with Crippen LogP contribution in [0.5, 0.6) is 0 Å². The molecule has 1 amide bonds. The third-order valence-corrected chi connectivity index (χ3v) is 7.83. The number of likely N-dealkylation sites (tertiary alicyclic amines) is 1. The monoisotopic (exact) mass is 572 g/mol. The van der Waals surface area contributed by atoms with Gasteiger partial charge in [0.2, 0.25) is 6.41 Å². The van der Waals surface area contributed by atoms with E-state index in [1.54, 1.807) is 6.07 Å². The molecule has 3 rings (SSSR count). The van der Waals surface area contributed by atoms with Crippen molar-refractivity contribution in [3.63, 3.8) is 0 Å². The number of hydrogen-bond acceptors (Lipinski definition) is 7. The zero-order valence-corrected chi connectivity index (χ0v) is 25.6. The van der Waals surface area contributed by atoms with Crippen LogP contribution in [0.3, 0.4) is 0 Å². The van der Waals surface area contributed by atoms with Crippen LogP contribution in [-0.4, -0.2) is 93.3 Å². The number of nitrogen functional groups attached to an aromatic ring is 1. The molecule has 1 heterocycles. The van der Waals surface area contributed by atoms with Crippen molar-refractivity contribution in [2.45, 2.75) is 52.1 Å². The molecule has 1 aliphatic heterocycles. The maximum atomic E-state index is 11.5. The molecule has 1 fully saturated rings. The summed E-state index contributed by atoms with van der Waals surface area (Å²) in [6.45, 7) is 12.0. The van der Waals surface area contributed by atoms with Crippen LogP contribution in [-0.2, 0) is 17.8 Å². The summed E-state index contributed by atoms with van der Waals surface area (Å²) < 4.78 is 0. The van der Waals surface area contributed by atoms with Crippen molar-refractivity contribution in [2.24, 2.45) is 0 Å². The molecule has 2 aromatic rings. The van der Waals surface area contributed by atoms with Crippen LogP contribution < -0.4 is 16.4 Å². The maximum absolute atomic E-state index is 11.5. The van der Waals surface area contributed by atoms with Gasteiger partial charge in [-0.25, -0.2) is 0 Å². The number of nitrogens with two attached hydrogens (primary N) is 1. The number of hydrogen-bond donors (Lipinski definition) is 3. The van der Waals surface area contributed by atoms with Gasteiger partial charge in [0.05, 0.1) is 10.7 Å². The fraction of sp³-hybridized carbons (Fsp3) is 0.548. The fourth-order valence-electron chi connectivity index (χ4n) is 5.10. The number of carbonyl (C=O) groups is 2. The van der Waals surface area contributed by atoms with Crippen LogP contribution in [0, 0.1) is 0 Å². The van der Waals surface area contributed by atoms with Crippen LogP contribution in [0.2, 0.25) is 5.02 Å². The van der Waals surface area contributed by atoms with E-state index in [0.29, 0.717) is 22.3 Å². The molecule has 222 valence electrons. The van der Waals surface area contributed by atoms with E-state index >= 15 is 0 Å². The molecule has 1 saturated heterocycles. The maximum Gasteiger partial charge on any atom is 0.209 e. The Balaban J connectivity index is 0.000000294. The van der Waals surface area contributed by atoms with Crippen molar-refractivity contribution in [3.8, 4) is 0 Å². The van der Waals surface area contributed by atoms with E-state index in [1.165, 1.54) is 5.56 Å². The molecule has 0 unspecified atom stereocenters. The predicted octanol–water partition coefficient (Wildman–Crippen LogP) is 4.38. The number of piperidine rings is 1. The Bertz CT molecular complexity index is 1030. The summed E-state index contributed by atoms with van der Waals surface area (Å²) in [7, 11) is 3.93. The highest BCUT2D eigenvalue weighted by Gasteiger charge is 2.23. The van der Waals surface area contributed by atoms with Gasteiger partial charge in [0.25, 0.3) is 0 Å². The number of rotatable bonds is 15. The first-order valence-corrected chi connectivity index (χ1v) is 14.9. The van der Waals surface area contributed by atoms with Gasteiger partial charge >= 0.3 is 0 Å². The Morgan fingerprint density at radius 1 is 1.07 bits per heavy atom. The van der Waals surface area contributed by atoms with Gasteiger partial charge in [0.15, 0.2) is 0 Å². The van der Waals surface area contributed by atoms with Crippen LogP contribution in [0.15, 0.2) is 36.4 Å². The molecule has 8 nitrogen and oxygen atoms in total. The number of nitrogens with one attached hydrogen (secondary N) is 2. The van der Waals surface area contributed by atoms with Gasteiger partial charge in [-0.15, -0.1) is 0 Å². The van der Waals surface area contributed by atoms with E-state index in [9.17, 15) is 9.59 Å². The number of amides is 1.